The van der Waals surface area contributed by atoms with Gasteiger partial charge in [-0.15, -0.1) is 0 Å². The molecular weight excluding hydrogens is 294 g/mol. The highest BCUT2D eigenvalue weighted by Gasteiger charge is 2.19. The fourth-order valence-electron chi connectivity index (χ4n) is 1.85. The van der Waals surface area contributed by atoms with Gasteiger partial charge in [0.15, 0.2) is 0 Å². The predicted molar refractivity (Wildman–Crippen MR) is 76.4 cm³/mol. The van der Waals surface area contributed by atoms with Crippen LogP contribution < -0.4 is 5.56 Å². The number of carboxylic acids is 1. The first-order valence-electron chi connectivity index (χ1n) is 6.55. The van der Waals surface area contributed by atoms with Crippen molar-refractivity contribution >= 4 is 17.6 Å². The summed E-state index contributed by atoms with van der Waals surface area (Å²) in [5.41, 5.74) is -0.889. The number of nitro groups is 1. The first-order chi connectivity index (χ1) is 10.2. The average Bonchev–Trinajstić information content (AvgIpc) is 2.39. The van der Waals surface area contributed by atoms with E-state index in [-0.39, 0.29) is 18.2 Å². The summed E-state index contributed by atoms with van der Waals surface area (Å²) in [4.78, 5) is 45.7. The number of carbonyl (C=O) groups excluding carboxylic acids is 1. The second kappa shape index (κ2) is 7.34. The molecule has 0 saturated carbocycles. The van der Waals surface area contributed by atoms with Crippen molar-refractivity contribution in [1.82, 2.24) is 9.47 Å². The Morgan fingerprint density at radius 3 is 2.55 bits per heavy atom. The van der Waals surface area contributed by atoms with Crippen LogP contribution in [0.3, 0.4) is 0 Å². The molecular formula is C13H17N3O6. The number of nitrogens with zero attached hydrogens (tertiary/aromatic N) is 3. The van der Waals surface area contributed by atoms with E-state index in [4.69, 9.17) is 5.11 Å². The summed E-state index contributed by atoms with van der Waals surface area (Å²) >= 11 is 0. The second-order valence-corrected chi connectivity index (χ2v) is 5.17. The van der Waals surface area contributed by atoms with Crippen molar-refractivity contribution in [3.8, 4) is 0 Å². The minimum Gasteiger partial charge on any atom is -0.480 e. The molecule has 22 heavy (non-hydrogen) atoms. The van der Waals surface area contributed by atoms with Crippen LogP contribution in [-0.4, -0.2) is 44.5 Å². The molecule has 9 heteroatoms. The van der Waals surface area contributed by atoms with E-state index in [9.17, 15) is 24.5 Å². The van der Waals surface area contributed by atoms with Crippen LogP contribution in [0, 0.1) is 16.0 Å². The zero-order valence-electron chi connectivity index (χ0n) is 12.3. The van der Waals surface area contributed by atoms with Crippen molar-refractivity contribution in [3.05, 3.63) is 38.8 Å². The van der Waals surface area contributed by atoms with Crippen molar-refractivity contribution in [2.75, 3.05) is 13.1 Å². The molecule has 0 saturated heterocycles. The van der Waals surface area contributed by atoms with E-state index in [0.29, 0.717) is 0 Å². The van der Waals surface area contributed by atoms with Crippen molar-refractivity contribution in [2.45, 2.75) is 20.4 Å². The average molecular weight is 311 g/mol. The third-order valence-electron chi connectivity index (χ3n) is 2.75. The Morgan fingerprint density at radius 1 is 1.41 bits per heavy atom. The number of rotatable bonds is 7. The number of pyridine rings is 1. The lowest BCUT2D eigenvalue weighted by molar-refractivity contribution is -0.385. The number of aromatic nitrogens is 1. The van der Waals surface area contributed by atoms with Gasteiger partial charge < -0.3 is 10.0 Å². The Balaban J connectivity index is 2.97. The summed E-state index contributed by atoms with van der Waals surface area (Å²) in [5, 5.41) is 19.5. The topological polar surface area (TPSA) is 123 Å². The fraction of sp³-hybridized carbons (Fsp3) is 0.462. The lowest BCUT2D eigenvalue weighted by Crippen LogP contribution is -2.41. The number of carboxylic acid groups (broad SMARTS) is 1. The zero-order valence-corrected chi connectivity index (χ0v) is 12.3. The lowest BCUT2D eigenvalue weighted by Gasteiger charge is -2.23. The molecule has 0 spiro atoms. The summed E-state index contributed by atoms with van der Waals surface area (Å²) in [5.74, 6) is -1.70. The molecule has 0 unspecified atom stereocenters. The molecule has 0 fully saturated rings. The van der Waals surface area contributed by atoms with E-state index in [2.05, 4.69) is 0 Å². The fourth-order valence-corrected chi connectivity index (χ4v) is 1.85. The second-order valence-electron chi connectivity index (χ2n) is 5.17. The SMILES string of the molecule is CC(C)CN(CC(=O)O)C(=O)Cn1cc([N+](=O)[O-])ccc1=O. The highest BCUT2D eigenvalue weighted by atomic mass is 16.6. The number of aliphatic carboxylic acids is 1. The Morgan fingerprint density at radius 2 is 2.05 bits per heavy atom. The highest BCUT2D eigenvalue weighted by Crippen LogP contribution is 2.07. The van der Waals surface area contributed by atoms with Gasteiger partial charge in [0.1, 0.15) is 13.1 Å². The first kappa shape index (κ1) is 17.3. The van der Waals surface area contributed by atoms with Gasteiger partial charge >= 0.3 is 5.97 Å². The van der Waals surface area contributed by atoms with E-state index in [1.54, 1.807) is 0 Å². The molecule has 9 nitrogen and oxygen atoms in total. The smallest absolute Gasteiger partial charge is 0.323 e. The third kappa shape index (κ3) is 5.00. The number of hydrogen-bond acceptors (Lipinski definition) is 5. The Labute approximate surface area is 125 Å². The monoisotopic (exact) mass is 311 g/mol. The van der Waals surface area contributed by atoms with Crippen LogP contribution in [0.1, 0.15) is 13.8 Å². The van der Waals surface area contributed by atoms with Crippen LogP contribution in [0.25, 0.3) is 0 Å². The quantitative estimate of drug-likeness (QED) is 0.571. The summed E-state index contributed by atoms with van der Waals surface area (Å²) < 4.78 is 0.898. The molecule has 1 amide bonds. The van der Waals surface area contributed by atoms with Gasteiger partial charge in [-0.05, 0) is 5.92 Å². The van der Waals surface area contributed by atoms with Crippen molar-refractivity contribution in [3.63, 3.8) is 0 Å². The van der Waals surface area contributed by atoms with Gasteiger partial charge in [-0.1, -0.05) is 13.8 Å². The highest BCUT2D eigenvalue weighted by molar-refractivity contribution is 5.81. The maximum Gasteiger partial charge on any atom is 0.323 e. The van der Waals surface area contributed by atoms with E-state index in [0.717, 1.165) is 27.8 Å². The molecule has 1 heterocycles. The van der Waals surface area contributed by atoms with Crippen LogP contribution in [0.15, 0.2) is 23.1 Å². The molecule has 0 aliphatic rings. The molecule has 0 aliphatic carbocycles. The first-order valence-corrected chi connectivity index (χ1v) is 6.55. The number of carbonyl (C=O) groups is 2. The van der Waals surface area contributed by atoms with Crippen molar-refractivity contribution in [1.29, 1.82) is 0 Å². The van der Waals surface area contributed by atoms with Crippen LogP contribution in [0.5, 0.6) is 0 Å². The van der Waals surface area contributed by atoms with E-state index < -0.39 is 35.4 Å². The van der Waals surface area contributed by atoms with Crippen LogP contribution in [0.4, 0.5) is 5.69 Å². The van der Waals surface area contributed by atoms with Gasteiger partial charge in [-0.3, -0.25) is 29.1 Å². The van der Waals surface area contributed by atoms with Gasteiger partial charge in [-0.25, -0.2) is 0 Å². The zero-order chi connectivity index (χ0) is 16.9. The number of amides is 1. The van der Waals surface area contributed by atoms with Gasteiger partial charge in [0.05, 0.1) is 11.1 Å². The molecule has 1 N–H and O–H groups in total. The molecule has 120 valence electrons. The maximum absolute atomic E-state index is 12.2. The molecule has 1 aromatic rings. The summed E-state index contributed by atoms with van der Waals surface area (Å²) in [6.07, 6.45) is 0.967. The molecule has 0 bridgehead atoms. The Bertz CT molecular complexity index is 637. The van der Waals surface area contributed by atoms with Crippen LogP contribution in [-0.2, 0) is 16.1 Å². The largest absolute Gasteiger partial charge is 0.480 e. The molecule has 0 atom stereocenters. The summed E-state index contributed by atoms with van der Waals surface area (Å²) in [6.45, 7) is 2.93. The minimum absolute atomic E-state index is 0.0464. The Hall–Kier alpha value is -2.71. The predicted octanol–water partition coefficient (Wildman–Crippen LogP) is 0.326. The van der Waals surface area contributed by atoms with Gasteiger partial charge in [-0.2, -0.15) is 0 Å². The van der Waals surface area contributed by atoms with Gasteiger partial charge in [0.25, 0.3) is 11.2 Å². The minimum atomic E-state index is -1.17. The van der Waals surface area contributed by atoms with E-state index in [1.165, 1.54) is 0 Å². The van der Waals surface area contributed by atoms with Crippen LogP contribution in [0.2, 0.25) is 0 Å². The standard InChI is InChI=1S/C13H17N3O6/c1-9(2)5-14(8-13(19)20)12(18)7-15-6-10(16(21)22)3-4-11(15)17/h3-4,6,9H,5,7-8H2,1-2H3,(H,19,20). The van der Waals surface area contributed by atoms with Gasteiger partial charge in [0.2, 0.25) is 5.91 Å². The molecule has 0 aromatic carbocycles. The molecule has 0 aliphatic heterocycles. The lowest BCUT2D eigenvalue weighted by atomic mass is 10.2. The molecule has 1 rings (SSSR count). The summed E-state index contributed by atoms with van der Waals surface area (Å²) in [7, 11) is 0. The van der Waals surface area contributed by atoms with E-state index >= 15 is 0 Å². The van der Waals surface area contributed by atoms with Crippen molar-refractivity contribution in [2.24, 2.45) is 5.92 Å². The third-order valence-corrected chi connectivity index (χ3v) is 2.75. The molecule has 0 radical (unpaired) electrons. The van der Waals surface area contributed by atoms with Crippen LogP contribution >= 0.6 is 0 Å². The normalized spacial score (nSPS) is 10.5. The number of hydrogen-bond donors (Lipinski definition) is 1. The van der Waals surface area contributed by atoms with Gasteiger partial charge in [0, 0.05) is 18.7 Å². The van der Waals surface area contributed by atoms with E-state index in [1.807, 2.05) is 13.8 Å². The maximum atomic E-state index is 12.2. The summed E-state index contributed by atoms with van der Waals surface area (Å²) in [6, 6.07) is 2.04. The molecule has 1 aromatic heterocycles. The Kier molecular flexibility index (Phi) is 5.79. The van der Waals surface area contributed by atoms with Crippen molar-refractivity contribution < 1.29 is 19.6 Å².